The van der Waals surface area contributed by atoms with Gasteiger partial charge in [-0.15, -0.1) is 0 Å². The van der Waals surface area contributed by atoms with Gasteiger partial charge in [0.1, 0.15) is 0 Å². The monoisotopic (exact) mass is 310 g/mol. The van der Waals surface area contributed by atoms with E-state index in [-0.39, 0.29) is 5.91 Å². The number of aliphatic imine (C=N–C) groups is 1. The number of hydrogen-bond donors (Lipinski definition) is 1. The first kappa shape index (κ1) is 17.3. The first-order chi connectivity index (χ1) is 9.93. The van der Waals surface area contributed by atoms with E-state index >= 15 is 0 Å². The second-order valence-electron chi connectivity index (χ2n) is 5.00. The molecule has 0 bridgehead atoms. The van der Waals surface area contributed by atoms with Crippen molar-refractivity contribution in [2.75, 3.05) is 34.7 Å². The van der Waals surface area contributed by atoms with Gasteiger partial charge >= 0.3 is 0 Å². The fourth-order valence-electron chi connectivity index (χ4n) is 1.87. The molecule has 0 saturated heterocycles. The second kappa shape index (κ2) is 8.52. The van der Waals surface area contributed by atoms with Crippen molar-refractivity contribution < 1.29 is 4.79 Å². The van der Waals surface area contributed by atoms with E-state index in [0.717, 1.165) is 16.5 Å². The fraction of sp³-hybridized carbons (Fsp3) is 0.467. The average Bonchev–Trinajstić information content (AvgIpc) is 2.43. The lowest BCUT2D eigenvalue weighted by molar-refractivity contribution is -0.128. The molecule has 0 aliphatic heterocycles. The van der Waals surface area contributed by atoms with E-state index in [1.54, 1.807) is 26.0 Å². The minimum atomic E-state index is 0.0930. The van der Waals surface area contributed by atoms with Crippen molar-refractivity contribution in [2.45, 2.75) is 13.0 Å². The molecule has 0 aromatic heterocycles. The number of nitrogens with zero attached hydrogens (tertiary/aromatic N) is 3. The molecule has 1 aromatic carbocycles. The Morgan fingerprint density at radius 2 is 2.05 bits per heavy atom. The predicted molar refractivity (Wildman–Crippen MR) is 87.6 cm³/mol. The van der Waals surface area contributed by atoms with Crippen LogP contribution in [-0.2, 0) is 11.3 Å². The van der Waals surface area contributed by atoms with Gasteiger partial charge in [-0.25, -0.2) is 0 Å². The molecule has 21 heavy (non-hydrogen) atoms. The highest BCUT2D eigenvalue weighted by Gasteiger charge is 2.08. The lowest BCUT2D eigenvalue weighted by atomic mass is 10.2. The van der Waals surface area contributed by atoms with Gasteiger partial charge in [-0.3, -0.25) is 9.79 Å². The largest absolute Gasteiger partial charge is 0.356 e. The number of nitrogens with one attached hydrogen (secondary N) is 1. The summed E-state index contributed by atoms with van der Waals surface area (Å²) in [5, 5.41) is 3.91. The quantitative estimate of drug-likeness (QED) is 0.667. The Bertz CT molecular complexity index is 502. The van der Waals surface area contributed by atoms with Crippen LogP contribution in [0.3, 0.4) is 0 Å². The van der Waals surface area contributed by atoms with Crippen LogP contribution in [0, 0.1) is 0 Å². The number of carbonyl (C=O) groups is 1. The molecule has 1 N–H and O–H groups in total. The Labute approximate surface area is 131 Å². The maximum atomic E-state index is 11.5. The van der Waals surface area contributed by atoms with E-state index in [0.29, 0.717) is 19.5 Å². The van der Waals surface area contributed by atoms with Gasteiger partial charge in [0, 0.05) is 52.7 Å². The van der Waals surface area contributed by atoms with Crippen molar-refractivity contribution in [3.8, 4) is 0 Å². The summed E-state index contributed by atoms with van der Waals surface area (Å²) in [5.41, 5.74) is 1.11. The SMILES string of the molecule is CN=C(NCCC(=O)N(C)C)N(C)Cc1cccc(Cl)c1. The molecule has 5 nitrogen and oxygen atoms in total. The first-order valence-corrected chi connectivity index (χ1v) is 7.18. The Balaban J connectivity index is 2.50. The number of amides is 1. The number of guanidine groups is 1. The summed E-state index contributed by atoms with van der Waals surface area (Å²) in [7, 11) is 7.18. The fourth-order valence-corrected chi connectivity index (χ4v) is 2.09. The minimum Gasteiger partial charge on any atom is -0.356 e. The smallest absolute Gasteiger partial charge is 0.223 e. The third-order valence-electron chi connectivity index (χ3n) is 3.00. The molecule has 0 spiro atoms. The second-order valence-corrected chi connectivity index (χ2v) is 5.43. The highest BCUT2D eigenvalue weighted by Crippen LogP contribution is 2.12. The van der Waals surface area contributed by atoms with Crippen LogP contribution in [0.5, 0.6) is 0 Å². The minimum absolute atomic E-state index is 0.0930. The van der Waals surface area contributed by atoms with Gasteiger partial charge in [-0.1, -0.05) is 23.7 Å². The molecular weight excluding hydrogens is 288 g/mol. The Kier molecular flexibility index (Phi) is 7.02. The van der Waals surface area contributed by atoms with Gasteiger partial charge in [0.25, 0.3) is 0 Å². The zero-order valence-electron chi connectivity index (χ0n) is 13.1. The number of halogens is 1. The van der Waals surface area contributed by atoms with Crippen LogP contribution in [0.25, 0.3) is 0 Å². The van der Waals surface area contributed by atoms with Crippen molar-refractivity contribution in [1.82, 2.24) is 15.1 Å². The van der Waals surface area contributed by atoms with E-state index < -0.39 is 0 Å². The molecule has 0 radical (unpaired) electrons. The molecule has 1 amide bonds. The van der Waals surface area contributed by atoms with Crippen LogP contribution in [-0.4, -0.2) is 56.4 Å². The molecule has 0 heterocycles. The van der Waals surface area contributed by atoms with Gasteiger partial charge < -0.3 is 15.1 Å². The molecule has 0 aliphatic rings. The molecule has 1 rings (SSSR count). The third kappa shape index (κ3) is 6.04. The van der Waals surface area contributed by atoms with Crippen molar-refractivity contribution >= 4 is 23.5 Å². The zero-order valence-corrected chi connectivity index (χ0v) is 13.8. The van der Waals surface area contributed by atoms with Crippen molar-refractivity contribution in [3.05, 3.63) is 34.9 Å². The molecule has 6 heteroatoms. The van der Waals surface area contributed by atoms with Crippen LogP contribution >= 0.6 is 11.6 Å². The van der Waals surface area contributed by atoms with Gasteiger partial charge in [0.05, 0.1) is 0 Å². The third-order valence-corrected chi connectivity index (χ3v) is 3.24. The molecular formula is C15H23ClN4O. The summed E-state index contributed by atoms with van der Waals surface area (Å²) in [6, 6.07) is 7.73. The normalized spacial score (nSPS) is 11.2. The summed E-state index contributed by atoms with van der Waals surface area (Å²) in [6.07, 6.45) is 0.441. The summed E-state index contributed by atoms with van der Waals surface area (Å²) in [4.78, 5) is 19.3. The van der Waals surface area contributed by atoms with E-state index in [1.165, 1.54) is 0 Å². The van der Waals surface area contributed by atoms with Crippen LogP contribution in [0.2, 0.25) is 5.02 Å². The van der Waals surface area contributed by atoms with E-state index in [4.69, 9.17) is 11.6 Å². The molecule has 0 aliphatic carbocycles. The van der Waals surface area contributed by atoms with Crippen LogP contribution in [0.1, 0.15) is 12.0 Å². The van der Waals surface area contributed by atoms with Gasteiger partial charge in [-0.05, 0) is 17.7 Å². The summed E-state index contributed by atoms with van der Waals surface area (Å²) in [6.45, 7) is 1.26. The summed E-state index contributed by atoms with van der Waals surface area (Å²) < 4.78 is 0. The highest BCUT2D eigenvalue weighted by molar-refractivity contribution is 6.30. The van der Waals surface area contributed by atoms with Crippen LogP contribution in [0.4, 0.5) is 0 Å². The van der Waals surface area contributed by atoms with Gasteiger partial charge in [0.15, 0.2) is 5.96 Å². The summed E-state index contributed by atoms with van der Waals surface area (Å²) in [5.74, 6) is 0.844. The Morgan fingerprint density at radius 1 is 1.33 bits per heavy atom. The predicted octanol–water partition coefficient (Wildman–Crippen LogP) is 1.83. The molecule has 0 saturated carbocycles. The standard InChI is InChI=1S/C15H23ClN4O/c1-17-15(18-9-8-14(21)19(2)3)20(4)11-12-6-5-7-13(16)10-12/h5-7,10H,8-9,11H2,1-4H3,(H,17,18). The van der Waals surface area contributed by atoms with Crippen molar-refractivity contribution in [3.63, 3.8) is 0 Å². The highest BCUT2D eigenvalue weighted by atomic mass is 35.5. The number of carbonyl (C=O) groups excluding carboxylic acids is 1. The van der Waals surface area contributed by atoms with Crippen LogP contribution in [0.15, 0.2) is 29.3 Å². The van der Waals surface area contributed by atoms with Crippen molar-refractivity contribution in [1.29, 1.82) is 0 Å². The van der Waals surface area contributed by atoms with Crippen LogP contribution < -0.4 is 5.32 Å². The lowest BCUT2D eigenvalue weighted by Crippen LogP contribution is -2.40. The molecule has 0 unspecified atom stereocenters. The van der Waals surface area contributed by atoms with Gasteiger partial charge in [-0.2, -0.15) is 0 Å². The van der Waals surface area contributed by atoms with Crippen molar-refractivity contribution in [2.24, 2.45) is 4.99 Å². The average molecular weight is 311 g/mol. The number of rotatable bonds is 5. The Morgan fingerprint density at radius 3 is 2.62 bits per heavy atom. The Hall–Kier alpha value is -1.75. The van der Waals surface area contributed by atoms with Gasteiger partial charge in [0.2, 0.25) is 5.91 Å². The van der Waals surface area contributed by atoms with E-state index in [2.05, 4.69) is 10.3 Å². The maximum absolute atomic E-state index is 11.5. The molecule has 0 atom stereocenters. The lowest BCUT2D eigenvalue weighted by Gasteiger charge is -2.22. The summed E-state index contributed by atoms with van der Waals surface area (Å²) >= 11 is 5.98. The molecule has 116 valence electrons. The number of hydrogen-bond acceptors (Lipinski definition) is 2. The topological polar surface area (TPSA) is 47.9 Å². The zero-order chi connectivity index (χ0) is 15.8. The van der Waals surface area contributed by atoms with E-state index in [9.17, 15) is 4.79 Å². The molecule has 0 fully saturated rings. The van der Waals surface area contributed by atoms with E-state index in [1.807, 2.05) is 36.2 Å². The number of benzene rings is 1. The maximum Gasteiger partial charge on any atom is 0.223 e. The molecule has 1 aromatic rings. The first-order valence-electron chi connectivity index (χ1n) is 6.80.